The van der Waals surface area contributed by atoms with Crippen molar-refractivity contribution in [2.75, 3.05) is 31.1 Å². The Morgan fingerprint density at radius 3 is 2.38 bits per heavy atom. The van der Waals surface area contributed by atoms with E-state index >= 15 is 0 Å². The molecule has 0 unspecified atom stereocenters. The summed E-state index contributed by atoms with van der Waals surface area (Å²) in [5.41, 5.74) is 3.46. The Morgan fingerprint density at radius 1 is 0.794 bits per heavy atom. The van der Waals surface area contributed by atoms with Gasteiger partial charge >= 0.3 is 6.47 Å². The maximum Gasteiger partial charge on any atom is 0.312 e. The van der Waals surface area contributed by atoms with E-state index in [9.17, 15) is 9.59 Å². The quantitative estimate of drug-likeness (QED) is 0.232. The highest BCUT2D eigenvalue weighted by Gasteiger charge is 2.22. The number of carbonyl (C=O) groups excluding carboxylic acids is 1. The highest BCUT2D eigenvalue weighted by molar-refractivity contribution is 6.19. The topological polar surface area (TPSA) is 67.2 Å². The second-order valence-corrected chi connectivity index (χ2v) is 8.71. The summed E-state index contributed by atoms with van der Waals surface area (Å²) in [6, 6.07) is 22.3. The fraction of sp³-hybridized carbons (Fsp3) is 0.148. The Balaban J connectivity index is 1.53. The monoisotopic (exact) mass is 448 g/mol. The predicted molar refractivity (Wildman–Crippen MR) is 134 cm³/mol. The van der Waals surface area contributed by atoms with Gasteiger partial charge in [0.15, 0.2) is 0 Å². The van der Waals surface area contributed by atoms with Gasteiger partial charge in [0, 0.05) is 45.7 Å². The minimum Gasteiger partial charge on any atom is -0.371 e. The van der Waals surface area contributed by atoms with Crippen LogP contribution in [0.2, 0.25) is 0 Å². The van der Waals surface area contributed by atoms with E-state index in [0.29, 0.717) is 30.6 Å². The molecule has 0 bridgehead atoms. The molecule has 0 aliphatic carbocycles. The molecule has 7 nitrogen and oxygen atoms in total. The number of hydrogen-bond acceptors (Lipinski definition) is 6. The van der Waals surface area contributed by atoms with Gasteiger partial charge in [-0.25, -0.2) is 4.98 Å². The van der Waals surface area contributed by atoms with Crippen molar-refractivity contribution in [2.24, 2.45) is 0 Å². The van der Waals surface area contributed by atoms with E-state index in [1.165, 1.54) is 0 Å². The van der Waals surface area contributed by atoms with Gasteiger partial charge in [0.1, 0.15) is 5.65 Å². The van der Waals surface area contributed by atoms with E-state index in [2.05, 4.69) is 35.2 Å². The highest BCUT2D eigenvalue weighted by Crippen LogP contribution is 2.36. The molecular weight excluding hydrogens is 428 g/mol. The number of hydrogen-bond donors (Lipinski definition) is 0. The van der Waals surface area contributed by atoms with Gasteiger partial charge in [-0.15, -0.1) is 5.06 Å². The van der Waals surface area contributed by atoms with Crippen LogP contribution >= 0.6 is 0 Å². The second kappa shape index (κ2) is 7.13. The lowest BCUT2D eigenvalue weighted by Crippen LogP contribution is -2.46. The number of piperazine rings is 1. The fourth-order valence-corrected chi connectivity index (χ4v) is 5.49. The number of hydroxylamine groups is 2. The average Bonchev–Trinajstić information content (AvgIpc) is 2.88. The molecule has 4 aromatic carbocycles. The van der Waals surface area contributed by atoms with Crippen LogP contribution in [0.25, 0.3) is 49.0 Å². The van der Waals surface area contributed by atoms with Gasteiger partial charge in [-0.3, -0.25) is 14.0 Å². The SMILES string of the molecule is O=CON1CCN(c2ccc3c4c2cccc4c(=O)n2c4cccc5cccc(nc32)c54)CC1. The van der Waals surface area contributed by atoms with Gasteiger partial charge in [0.25, 0.3) is 5.56 Å². The predicted octanol–water partition coefficient (Wildman–Crippen LogP) is 3.96. The number of aromatic nitrogens is 2. The lowest BCUT2D eigenvalue weighted by molar-refractivity contribution is -0.174. The lowest BCUT2D eigenvalue weighted by Gasteiger charge is -2.34. The largest absolute Gasteiger partial charge is 0.371 e. The van der Waals surface area contributed by atoms with E-state index in [1.807, 2.05) is 36.4 Å². The standard InChI is InChI=1S/C27H20N4O3/c32-16-34-30-14-12-29(13-15-30)22-11-10-19-25-18(22)6-3-7-20(25)27(33)31-23-9-2-5-17-4-1-8-21(24(17)23)28-26(19)31/h1-11,16H,12-15H2. The Labute approximate surface area is 193 Å². The van der Waals surface area contributed by atoms with Gasteiger partial charge in [0.2, 0.25) is 0 Å². The molecule has 0 saturated carbocycles. The Kier molecular flexibility index (Phi) is 4.04. The summed E-state index contributed by atoms with van der Waals surface area (Å²) < 4.78 is 1.77. The Bertz CT molecular complexity index is 1800. The van der Waals surface area contributed by atoms with E-state index in [0.717, 1.165) is 56.7 Å². The normalized spacial score (nSPS) is 15.2. The maximum atomic E-state index is 13.9. The number of carbonyl (C=O) groups is 1. The van der Waals surface area contributed by atoms with Gasteiger partial charge < -0.3 is 9.74 Å². The van der Waals surface area contributed by atoms with Gasteiger partial charge in [0.05, 0.1) is 24.1 Å². The molecule has 34 heavy (non-hydrogen) atoms. The zero-order valence-electron chi connectivity index (χ0n) is 18.3. The fourth-order valence-electron chi connectivity index (χ4n) is 5.49. The van der Waals surface area contributed by atoms with E-state index < -0.39 is 0 Å². The summed E-state index contributed by atoms with van der Waals surface area (Å²) in [6.07, 6.45) is 0. The smallest absolute Gasteiger partial charge is 0.312 e. The van der Waals surface area contributed by atoms with Crippen molar-refractivity contribution in [1.82, 2.24) is 14.4 Å². The zero-order valence-corrected chi connectivity index (χ0v) is 18.3. The first kappa shape index (κ1) is 19.3. The molecule has 0 amide bonds. The molecule has 1 saturated heterocycles. The number of pyridine rings is 1. The van der Waals surface area contributed by atoms with Gasteiger partial charge in [-0.05, 0) is 35.7 Å². The molecule has 1 aliphatic rings. The zero-order chi connectivity index (χ0) is 22.8. The minimum atomic E-state index is -0.0554. The molecule has 1 fully saturated rings. The van der Waals surface area contributed by atoms with Crippen LogP contribution in [0.4, 0.5) is 5.69 Å². The summed E-state index contributed by atoms with van der Waals surface area (Å²) in [5.74, 6) is 0. The summed E-state index contributed by atoms with van der Waals surface area (Å²) in [4.78, 5) is 36.8. The molecular formula is C27H20N4O3. The van der Waals surface area contributed by atoms with Crippen LogP contribution in [0.5, 0.6) is 0 Å². The van der Waals surface area contributed by atoms with Crippen LogP contribution in [0.1, 0.15) is 0 Å². The van der Waals surface area contributed by atoms with Crippen LogP contribution in [0.3, 0.4) is 0 Å². The average molecular weight is 448 g/mol. The number of rotatable bonds is 3. The molecule has 6 aromatic rings. The van der Waals surface area contributed by atoms with Crippen LogP contribution < -0.4 is 10.5 Å². The van der Waals surface area contributed by atoms with Crippen LogP contribution in [0, 0.1) is 0 Å². The highest BCUT2D eigenvalue weighted by atomic mass is 16.7. The summed E-state index contributed by atoms with van der Waals surface area (Å²) in [7, 11) is 0. The molecule has 0 spiro atoms. The summed E-state index contributed by atoms with van der Waals surface area (Å²) >= 11 is 0. The van der Waals surface area contributed by atoms with Crippen molar-refractivity contribution in [1.29, 1.82) is 0 Å². The van der Waals surface area contributed by atoms with Gasteiger partial charge in [-0.2, -0.15) is 0 Å². The maximum absolute atomic E-state index is 13.9. The molecule has 3 heterocycles. The molecule has 7 heteroatoms. The van der Waals surface area contributed by atoms with E-state index in [4.69, 9.17) is 9.82 Å². The molecule has 7 rings (SSSR count). The third kappa shape index (κ3) is 2.58. The first-order chi connectivity index (χ1) is 16.7. The molecule has 2 aromatic heterocycles. The van der Waals surface area contributed by atoms with Crippen molar-refractivity contribution in [2.45, 2.75) is 0 Å². The summed E-state index contributed by atoms with van der Waals surface area (Å²) in [6.45, 7) is 3.18. The van der Waals surface area contributed by atoms with Crippen molar-refractivity contribution >= 4 is 61.2 Å². The number of fused-ring (bicyclic) bond motifs is 3. The van der Waals surface area contributed by atoms with E-state index in [-0.39, 0.29) is 5.56 Å². The third-order valence-electron chi connectivity index (χ3n) is 7.00. The van der Waals surface area contributed by atoms with Crippen LogP contribution in [-0.4, -0.2) is 47.1 Å². The van der Waals surface area contributed by atoms with Gasteiger partial charge in [-0.1, -0.05) is 36.4 Å². The first-order valence-electron chi connectivity index (χ1n) is 11.4. The van der Waals surface area contributed by atoms with Crippen molar-refractivity contribution in [3.05, 3.63) is 77.1 Å². The molecule has 0 radical (unpaired) electrons. The van der Waals surface area contributed by atoms with Crippen molar-refractivity contribution < 1.29 is 9.63 Å². The van der Waals surface area contributed by atoms with Crippen LogP contribution in [0.15, 0.2) is 71.5 Å². The number of benzene rings is 4. The molecule has 0 N–H and O–H groups in total. The second-order valence-electron chi connectivity index (χ2n) is 8.71. The number of anilines is 1. The third-order valence-corrected chi connectivity index (χ3v) is 7.00. The first-order valence-corrected chi connectivity index (χ1v) is 11.4. The molecule has 0 atom stereocenters. The van der Waals surface area contributed by atoms with Crippen molar-refractivity contribution in [3.8, 4) is 0 Å². The lowest BCUT2D eigenvalue weighted by atomic mass is 9.99. The summed E-state index contributed by atoms with van der Waals surface area (Å²) in [5, 5.41) is 7.37. The molecule has 1 aliphatic heterocycles. The number of nitrogens with zero attached hydrogens (tertiary/aromatic N) is 4. The Hall–Kier alpha value is -4.23. The van der Waals surface area contributed by atoms with E-state index in [1.54, 1.807) is 9.46 Å². The van der Waals surface area contributed by atoms with Crippen molar-refractivity contribution in [3.63, 3.8) is 0 Å². The Morgan fingerprint density at radius 2 is 1.56 bits per heavy atom. The van der Waals surface area contributed by atoms with Crippen LogP contribution in [-0.2, 0) is 9.63 Å². The molecule has 166 valence electrons. The minimum absolute atomic E-state index is 0.0554.